The lowest BCUT2D eigenvalue weighted by atomic mass is 10.3. The van der Waals surface area contributed by atoms with Crippen molar-refractivity contribution in [1.29, 1.82) is 0 Å². The van der Waals surface area contributed by atoms with Crippen LogP contribution in [0.1, 0.15) is 6.42 Å². The number of amides is 1. The zero-order valence-electron chi connectivity index (χ0n) is 9.25. The van der Waals surface area contributed by atoms with Crippen LogP contribution in [0.15, 0.2) is 0 Å². The number of hydrogen-bond donors (Lipinski definition) is 0. The highest BCUT2D eigenvalue weighted by Crippen LogP contribution is 2.05. The lowest BCUT2D eigenvalue weighted by molar-refractivity contribution is -0.132. The van der Waals surface area contributed by atoms with Crippen molar-refractivity contribution in [2.45, 2.75) is 6.42 Å². The Balaban J connectivity index is 2.21. The zero-order valence-corrected chi connectivity index (χ0v) is 10.8. The van der Waals surface area contributed by atoms with E-state index in [0.717, 1.165) is 38.5 Å². The van der Waals surface area contributed by atoms with Crippen molar-refractivity contribution >= 4 is 29.3 Å². The molecule has 1 rings (SSSR count). The second kappa shape index (κ2) is 7.36. The van der Waals surface area contributed by atoms with E-state index in [2.05, 4.69) is 4.90 Å². The lowest BCUT2D eigenvalue weighted by Crippen LogP contribution is -2.49. The van der Waals surface area contributed by atoms with Crippen LogP contribution in [0, 0.1) is 0 Å². The van der Waals surface area contributed by atoms with E-state index in [0.29, 0.717) is 18.2 Å². The molecule has 0 N–H and O–H groups in total. The standard InChI is InChI=1S/C10H19ClN2OS/c1-15-9-2-10(14)13-7-5-12(4-3-11)6-8-13/h2-9H2,1H3. The van der Waals surface area contributed by atoms with Gasteiger partial charge in [0.15, 0.2) is 0 Å². The van der Waals surface area contributed by atoms with Gasteiger partial charge in [-0.2, -0.15) is 11.8 Å². The third kappa shape index (κ3) is 4.62. The molecule has 1 fully saturated rings. The van der Waals surface area contributed by atoms with Crippen LogP contribution < -0.4 is 0 Å². The molecule has 0 radical (unpaired) electrons. The van der Waals surface area contributed by atoms with Crippen LogP contribution in [0.2, 0.25) is 0 Å². The molecule has 1 amide bonds. The molecule has 0 saturated carbocycles. The number of rotatable bonds is 5. The summed E-state index contributed by atoms with van der Waals surface area (Å²) in [6, 6.07) is 0. The molecule has 0 aliphatic carbocycles. The van der Waals surface area contributed by atoms with Crippen molar-refractivity contribution in [2.75, 3.05) is 50.6 Å². The Morgan fingerprint density at radius 1 is 1.33 bits per heavy atom. The molecule has 5 heteroatoms. The smallest absolute Gasteiger partial charge is 0.223 e. The first-order chi connectivity index (χ1) is 7.27. The topological polar surface area (TPSA) is 23.6 Å². The van der Waals surface area contributed by atoms with Crippen LogP contribution in [0.4, 0.5) is 0 Å². The van der Waals surface area contributed by atoms with Crippen molar-refractivity contribution in [2.24, 2.45) is 0 Å². The third-order valence-electron chi connectivity index (χ3n) is 2.65. The molecule has 0 bridgehead atoms. The van der Waals surface area contributed by atoms with Crippen molar-refractivity contribution in [1.82, 2.24) is 9.80 Å². The van der Waals surface area contributed by atoms with Gasteiger partial charge in [-0.05, 0) is 6.26 Å². The minimum absolute atomic E-state index is 0.301. The molecule has 1 heterocycles. The number of alkyl halides is 1. The normalized spacial score (nSPS) is 18.1. The molecule has 0 spiro atoms. The van der Waals surface area contributed by atoms with Gasteiger partial charge in [-0.3, -0.25) is 9.69 Å². The van der Waals surface area contributed by atoms with Gasteiger partial charge < -0.3 is 4.90 Å². The zero-order chi connectivity index (χ0) is 11.1. The van der Waals surface area contributed by atoms with E-state index in [1.165, 1.54) is 0 Å². The summed E-state index contributed by atoms with van der Waals surface area (Å²) in [5.41, 5.74) is 0. The van der Waals surface area contributed by atoms with Crippen molar-refractivity contribution < 1.29 is 4.79 Å². The largest absolute Gasteiger partial charge is 0.340 e. The summed E-state index contributed by atoms with van der Waals surface area (Å²) in [5, 5.41) is 0. The van der Waals surface area contributed by atoms with Crippen molar-refractivity contribution in [3.8, 4) is 0 Å². The molecule has 1 aliphatic heterocycles. The monoisotopic (exact) mass is 250 g/mol. The fraction of sp³-hybridized carbons (Fsp3) is 0.900. The Hall–Kier alpha value is 0.0700. The van der Waals surface area contributed by atoms with E-state index in [1.807, 2.05) is 11.2 Å². The van der Waals surface area contributed by atoms with Crippen molar-refractivity contribution in [3.63, 3.8) is 0 Å². The number of carbonyl (C=O) groups excluding carboxylic acids is 1. The van der Waals surface area contributed by atoms with E-state index in [1.54, 1.807) is 11.8 Å². The first-order valence-electron chi connectivity index (χ1n) is 5.33. The minimum atomic E-state index is 0.301. The van der Waals surface area contributed by atoms with Gasteiger partial charge in [0.25, 0.3) is 0 Å². The minimum Gasteiger partial charge on any atom is -0.340 e. The van der Waals surface area contributed by atoms with Crippen LogP contribution in [0.25, 0.3) is 0 Å². The van der Waals surface area contributed by atoms with E-state index in [9.17, 15) is 4.79 Å². The summed E-state index contributed by atoms with van der Waals surface area (Å²) in [6.45, 7) is 4.61. The summed E-state index contributed by atoms with van der Waals surface area (Å²) < 4.78 is 0. The lowest BCUT2D eigenvalue weighted by Gasteiger charge is -2.34. The van der Waals surface area contributed by atoms with E-state index >= 15 is 0 Å². The fourth-order valence-corrected chi connectivity index (χ4v) is 2.31. The van der Waals surface area contributed by atoms with Gasteiger partial charge in [-0.15, -0.1) is 11.6 Å². The van der Waals surface area contributed by atoms with E-state index < -0.39 is 0 Å². The summed E-state index contributed by atoms with van der Waals surface area (Å²) >= 11 is 7.40. The Morgan fingerprint density at radius 3 is 2.53 bits per heavy atom. The number of piperazine rings is 1. The number of thioether (sulfide) groups is 1. The summed E-state index contributed by atoms with van der Waals surface area (Å²) in [6.07, 6.45) is 2.71. The van der Waals surface area contributed by atoms with Crippen molar-refractivity contribution in [3.05, 3.63) is 0 Å². The molecule has 15 heavy (non-hydrogen) atoms. The summed E-state index contributed by atoms with van der Waals surface area (Å²) in [7, 11) is 0. The first kappa shape index (κ1) is 13.1. The summed E-state index contributed by atoms with van der Waals surface area (Å²) in [5.74, 6) is 1.91. The van der Waals surface area contributed by atoms with Gasteiger partial charge in [-0.1, -0.05) is 0 Å². The molecular formula is C10H19ClN2OS. The second-order valence-corrected chi connectivity index (χ2v) is 5.02. The molecule has 0 unspecified atom stereocenters. The van der Waals surface area contributed by atoms with Gasteiger partial charge in [0.1, 0.15) is 0 Å². The maximum Gasteiger partial charge on any atom is 0.223 e. The molecule has 88 valence electrons. The first-order valence-corrected chi connectivity index (χ1v) is 7.25. The van der Waals surface area contributed by atoms with Gasteiger partial charge >= 0.3 is 0 Å². The van der Waals surface area contributed by atoms with Crippen LogP contribution >= 0.6 is 23.4 Å². The number of carbonyl (C=O) groups is 1. The Bertz CT molecular complexity index is 196. The summed E-state index contributed by atoms with van der Waals surface area (Å²) in [4.78, 5) is 16.0. The maximum absolute atomic E-state index is 11.7. The predicted molar refractivity (Wildman–Crippen MR) is 66.7 cm³/mol. The molecule has 0 aromatic heterocycles. The van der Waals surface area contributed by atoms with Crippen LogP contribution in [0.5, 0.6) is 0 Å². The van der Waals surface area contributed by atoms with Gasteiger partial charge in [0, 0.05) is 50.8 Å². The molecule has 3 nitrogen and oxygen atoms in total. The molecule has 1 aliphatic rings. The molecule has 1 saturated heterocycles. The average molecular weight is 251 g/mol. The fourth-order valence-electron chi connectivity index (χ4n) is 1.69. The van der Waals surface area contributed by atoms with Crippen LogP contribution in [-0.2, 0) is 4.79 Å². The number of nitrogens with zero attached hydrogens (tertiary/aromatic N) is 2. The third-order valence-corrected chi connectivity index (χ3v) is 3.43. The quantitative estimate of drug-likeness (QED) is 0.684. The molecule has 0 aromatic carbocycles. The average Bonchev–Trinajstić information content (AvgIpc) is 2.27. The second-order valence-electron chi connectivity index (χ2n) is 3.65. The predicted octanol–water partition coefficient (Wildman–Crippen LogP) is 1.12. The maximum atomic E-state index is 11.7. The number of halogens is 1. The van der Waals surface area contributed by atoms with Gasteiger partial charge in [0.05, 0.1) is 0 Å². The van der Waals surface area contributed by atoms with E-state index in [-0.39, 0.29) is 0 Å². The Morgan fingerprint density at radius 2 is 2.00 bits per heavy atom. The highest BCUT2D eigenvalue weighted by molar-refractivity contribution is 7.98. The molecule has 0 atom stereocenters. The Kier molecular flexibility index (Phi) is 6.45. The highest BCUT2D eigenvalue weighted by Gasteiger charge is 2.19. The highest BCUT2D eigenvalue weighted by atomic mass is 35.5. The van der Waals surface area contributed by atoms with E-state index in [4.69, 9.17) is 11.6 Å². The SMILES string of the molecule is CSCCC(=O)N1CCN(CCCl)CC1. The molecule has 0 aromatic rings. The Labute approximate surface area is 101 Å². The van der Waals surface area contributed by atoms with Crippen LogP contribution in [0.3, 0.4) is 0 Å². The van der Waals surface area contributed by atoms with Crippen LogP contribution in [-0.4, -0.2) is 66.3 Å². The van der Waals surface area contributed by atoms with Gasteiger partial charge in [-0.25, -0.2) is 0 Å². The van der Waals surface area contributed by atoms with Gasteiger partial charge in [0.2, 0.25) is 5.91 Å². The number of hydrogen-bond acceptors (Lipinski definition) is 3. The molecular weight excluding hydrogens is 232 g/mol.